The van der Waals surface area contributed by atoms with E-state index in [-0.39, 0.29) is 30.0 Å². The molecule has 1 atom stereocenters. The molecule has 6 N–H and O–H groups in total. The van der Waals surface area contributed by atoms with Gasteiger partial charge in [-0.3, -0.25) is 4.79 Å². The van der Waals surface area contributed by atoms with Crippen molar-refractivity contribution < 1.29 is 23.8 Å². The number of nitrogens with zero attached hydrogens (tertiary/aromatic N) is 2. The molecule has 1 aliphatic carbocycles. The Hall–Kier alpha value is -3.76. The molecule has 0 radical (unpaired) electrons. The SMILES string of the molecule is NC(=O)O[C@H]1CC[C@H](c2cnc(N)c(-c3ccc(C(=O)N[C@H](CO)c4cccc(Cl)c4)c(F)c3)n2)CC1. The zero-order valence-corrected chi connectivity index (χ0v) is 20.6. The summed E-state index contributed by atoms with van der Waals surface area (Å²) in [7, 11) is 0. The Kier molecular flexibility index (Phi) is 8.20. The molecule has 9 nitrogen and oxygen atoms in total. The number of amides is 2. The summed E-state index contributed by atoms with van der Waals surface area (Å²) in [4.78, 5) is 32.7. The number of halogens is 2. The predicted molar refractivity (Wildman–Crippen MR) is 136 cm³/mol. The van der Waals surface area contributed by atoms with Crippen molar-refractivity contribution in [1.29, 1.82) is 0 Å². The minimum atomic E-state index is -0.784. The van der Waals surface area contributed by atoms with Crippen LogP contribution in [0.5, 0.6) is 0 Å². The van der Waals surface area contributed by atoms with Crippen LogP contribution in [0.1, 0.15) is 59.3 Å². The fourth-order valence-electron chi connectivity index (χ4n) is 4.50. The Morgan fingerprint density at radius 2 is 1.95 bits per heavy atom. The van der Waals surface area contributed by atoms with Crippen LogP contribution in [0.3, 0.4) is 0 Å². The highest BCUT2D eigenvalue weighted by molar-refractivity contribution is 6.30. The summed E-state index contributed by atoms with van der Waals surface area (Å²) in [6.45, 7) is -0.388. The first-order valence-corrected chi connectivity index (χ1v) is 12.2. The molecule has 1 fully saturated rings. The molecule has 2 aromatic carbocycles. The van der Waals surface area contributed by atoms with E-state index >= 15 is 4.39 Å². The van der Waals surface area contributed by atoms with Gasteiger partial charge in [0.05, 0.1) is 30.1 Å². The van der Waals surface area contributed by atoms with Crippen molar-refractivity contribution in [2.24, 2.45) is 5.73 Å². The van der Waals surface area contributed by atoms with Crippen molar-refractivity contribution in [3.63, 3.8) is 0 Å². The zero-order chi connectivity index (χ0) is 26.5. The Bertz CT molecular complexity index is 1300. The lowest BCUT2D eigenvalue weighted by Gasteiger charge is -2.27. The van der Waals surface area contributed by atoms with Crippen molar-refractivity contribution in [3.8, 4) is 11.3 Å². The summed E-state index contributed by atoms with van der Waals surface area (Å²) in [6.07, 6.45) is 3.35. The number of benzene rings is 2. The van der Waals surface area contributed by atoms with E-state index in [1.54, 1.807) is 36.5 Å². The van der Waals surface area contributed by atoms with Gasteiger partial charge in [-0.25, -0.2) is 19.2 Å². The van der Waals surface area contributed by atoms with Gasteiger partial charge < -0.3 is 26.6 Å². The minimum Gasteiger partial charge on any atom is -0.446 e. The number of ether oxygens (including phenoxy) is 1. The van der Waals surface area contributed by atoms with Crippen molar-refractivity contribution in [3.05, 3.63) is 76.3 Å². The van der Waals surface area contributed by atoms with Crippen LogP contribution in [0.4, 0.5) is 15.0 Å². The summed E-state index contributed by atoms with van der Waals surface area (Å²) in [5, 5.41) is 12.8. The van der Waals surface area contributed by atoms with Gasteiger partial charge in [0, 0.05) is 16.5 Å². The second kappa shape index (κ2) is 11.5. The molecule has 1 saturated carbocycles. The molecule has 11 heteroatoms. The number of primary amides is 1. The monoisotopic (exact) mass is 527 g/mol. The highest BCUT2D eigenvalue weighted by Crippen LogP contribution is 2.35. The molecule has 4 rings (SSSR count). The molecule has 0 aliphatic heterocycles. The van der Waals surface area contributed by atoms with E-state index in [0.29, 0.717) is 40.4 Å². The van der Waals surface area contributed by atoms with Crippen molar-refractivity contribution >= 4 is 29.4 Å². The lowest BCUT2D eigenvalue weighted by Crippen LogP contribution is -2.31. The van der Waals surface area contributed by atoms with E-state index in [9.17, 15) is 14.7 Å². The smallest absolute Gasteiger partial charge is 0.404 e. The van der Waals surface area contributed by atoms with Gasteiger partial charge in [0.2, 0.25) is 0 Å². The number of hydrogen-bond acceptors (Lipinski definition) is 7. The first-order chi connectivity index (χ1) is 17.7. The number of nitrogens with two attached hydrogens (primary N) is 2. The standard InChI is InChI=1S/C26H27ClFN5O4/c27-17-3-1-2-15(10-17)22(13-34)33-25(35)19-9-6-16(11-20(19)28)23-24(29)31-12-21(32-23)14-4-7-18(8-5-14)37-26(30)36/h1-3,6,9-12,14,18,22,34H,4-5,7-8,13H2,(H2,29,31)(H2,30,36)(H,33,35)/t14-,18-,22-/m1/s1. The molecule has 2 amide bonds. The van der Waals surface area contributed by atoms with E-state index in [1.807, 2.05) is 0 Å². The van der Waals surface area contributed by atoms with Gasteiger partial charge in [0.1, 0.15) is 23.4 Å². The second-order valence-electron chi connectivity index (χ2n) is 8.90. The number of aliphatic hydroxyl groups is 1. The molecule has 0 bridgehead atoms. The van der Waals surface area contributed by atoms with Gasteiger partial charge in [0.15, 0.2) is 0 Å². The van der Waals surface area contributed by atoms with E-state index in [0.717, 1.165) is 12.8 Å². The molecule has 0 saturated heterocycles. The fraction of sp³-hybridized carbons (Fsp3) is 0.308. The van der Waals surface area contributed by atoms with Gasteiger partial charge in [0.25, 0.3) is 5.91 Å². The highest BCUT2D eigenvalue weighted by Gasteiger charge is 2.26. The van der Waals surface area contributed by atoms with Gasteiger partial charge in [-0.1, -0.05) is 29.8 Å². The van der Waals surface area contributed by atoms with Crippen LogP contribution in [0.15, 0.2) is 48.7 Å². The van der Waals surface area contributed by atoms with Crippen molar-refractivity contribution in [2.75, 3.05) is 12.3 Å². The molecule has 1 heterocycles. The number of anilines is 1. The third-order valence-electron chi connectivity index (χ3n) is 6.42. The number of rotatable bonds is 7. The van der Waals surface area contributed by atoms with Crippen LogP contribution in [0, 0.1) is 5.82 Å². The average molecular weight is 528 g/mol. The largest absolute Gasteiger partial charge is 0.446 e. The molecule has 3 aromatic rings. The molecule has 1 aliphatic rings. The quantitative estimate of drug-likeness (QED) is 0.360. The minimum absolute atomic E-state index is 0.0800. The first kappa shape index (κ1) is 26.3. The molecular formula is C26H27ClFN5O4. The Balaban J connectivity index is 1.50. The Morgan fingerprint density at radius 1 is 1.19 bits per heavy atom. The number of hydrogen-bond donors (Lipinski definition) is 4. The molecular weight excluding hydrogens is 501 g/mol. The third-order valence-corrected chi connectivity index (χ3v) is 6.66. The summed E-state index contributed by atoms with van der Waals surface area (Å²) in [5.41, 5.74) is 12.9. The normalized spacial score (nSPS) is 18.1. The third kappa shape index (κ3) is 6.33. The number of nitrogens with one attached hydrogen (secondary N) is 1. The maximum Gasteiger partial charge on any atom is 0.404 e. The van der Waals surface area contributed by atoms with E-state index in [2.05, 4.69) is 15.3 Å². The van der Waals surface area contributed by atoms with E-state index in [4.69, 9.17) is 27.8 Å². The number of carbonyl (C=O) groups excluding carboxylic acids is 2. The van der Waals surface area contributed by atoms with Crippen LogP contribution in [-0.2, 0) is 4.74 Å². The number of carbonyl (C=O) groups is 2. The maximum absolute atomic E-state index is 15.1. The van der Waals surface area contributed by atoms with Crippen LogP contribution in [0.2, 0.25) is 5.02 Å². The maximum atomic E-state index is 15.1. The number of aromatic nitrogens is 2. The lowest BCUT2D eigenvalue weighted by molar-refractivity contribution is 0.0783. The summed E-state index contributed by atoms with van der Waals surface area (Å²) < 4.78 is 20.1. The van der Waals surface area contributed by atoms with Crippen molar-refractivity contribution in [1.82, 2.24) is 15.3 Å². The van der Waals surface area contributed by atoms with Crippen LogP contribution < -0.4 is 16.8 Å². The molecule has 37 heavy (non-hydrogen) atoms. The second-order valence-corrected chi connectivity index (χ2v) is 9.33. The van der Waals surface area contributed by atoms with Crippen LogP contribution >= 0.6 is 11.6 Å². The molecule has 194 valence electrons. The van der Waals surface area contributed by atoms with Crippen LogP contribution in [-0.4, -0.2) is 39.8 Å². The zero-order valence-electron chi connectivity index (χ0n) is 19.9. The van der Waals surface area contributed by atoms with Crippen molar-refractivity contribution in [2.45, 2.75) is 43.7 Å². The lowest BCUT2D eigenvalue weighted by atomic mass is 9.85. The Labute approximate surface area is 218 Å². The summed E-state index contributed by atoms with van der Waals surface area (Å²) in [5.74, 6) is -1.25. The van der Waals surface area contributed by atoms with Gasteiger partial charge in [-0.2, -0.15) is 0 Å². The van der Waals surface area contributed by atoms with Crippen LogP contribution in [0.25, 0.3) is 11.3 Å². The van der Waals surface area contributed by atoms with E-state index in [1.165, 1.54) is 12.1 Å². The summed E-state index contributed by atoms with van der Waals surface area (Å²) >= 11 is 6.00. The Morgan fingerprint density at radius 3 is 2.59 bits per heavy atom. The summed E-state index contributed by atoms with van der Waals surface area (Å²) in [6, 6.07) is 10.0. The number of nitrogen functional groups attached to an aromatic ring is 1. The predicted octanol–water partition coefficient (Wildman–Crippen LogP) is 4.10. The van der Waals surface area contributed by atoms with Gasteiger partial charge in [-0.15, -0.1) is 0 Å². The first-order valence-electron chi connectivity index (χ1n) is 11.8. The average Bonchev–Trinajstić information content (AvgIpc) is 2.87. The molecule has 0 unspecified atom stereocenters. The topological polar surface area (TPSA) is 153 Å². The van der Waals surface area contributed by atoms with Gasteiger partial charge in [-0.05, 0) is 55.5 Å². The highest BCUT2D eigenvalue weighted by atomic mass is 35.5. The van der Waals surface area contributed by atoms with Gasteiger partial charge >= 0.3 is 6.09 Å². The number of aliphatic hydroxyl groups excluding tert-OH is 1. The fourth-order valence-corrected chi connectivity index (χ4v) is 4.70. The molecule has 1 aromatic heterocycles. The molecule has 0 spiro atoms. The van der Waals surface area contributed by atoms with E-state index < -0.39 is 23.9 Å².